The van der Waals surface area contributed by atoms with Crippen molar-refractivity contribution in [1.29, 1.82) is 0 Å². The molecule has 1 fully saturated rings. The van der Waals surface area contributed by atoms with Gasteiger partial charge in [-0.3, -0.25) is 9.69 Å². The van der Waals surface area contributed by atoms with E-state index in [2.05, 4.69) is 22.4 Å². The Bertz CT molecular complexity index is 587. The highest BCUT2D eigenvalue weighted by Gasteiger charge is 2.27. The number of carboxylic acids is 1. The van der Waals surface area contributed by atoms with Crippen molar-refractivity contribution in [3.05, 3.63) is 35.2 Å². The molecule has 4 heteroatoms. The summed E-state index contributed by atoms with van der Waals surface area (Å²) in [6.07, 6.45) is 2.55. The maximum Gasteiger partial charge on any atom is 0.305 e. The predicted octanol–water partition coefficient (Wildman–Crippen LogP) is 3.51. The zero-order valence-electron chi connectivity index (χ0n) is 10.7. The molecular formula is C15H17NO2S. The molecule has 0 spiro atoms. The van der Waals surface area contributed by atoms with Crippen LogP contribution in [0.25, 0.3) is 10.1 Å². The Labute approximate surface area is 116 Å². The van der Waals surface area contributed by atoms with E-state index in [0.29, 0.717) is 0 Å². The van der Waals surface area contributed by atoms with Gasteiger partial charge in [0, 0.05) is 10.7 Å². The Morgan fingerprint density at radius 2 is 2.05 bits per heavy atom. The van der Waals surface area contributed by atoms with Gasteiger partial charge in [0.15, 0.2) is 0 Å². The lowest BCUT2D eigenvalue weighted by molar-refractivity contribution is -0.138. The van der Waals surface area contributed by atoms with Crippen molar-refractivity contribution in [2.75, 3.05) is 13.1 Å². The largest absolute Gasteiger partial charge is 0.481 e. The number of fused-ring (bicyclic) bond motifs is 1. The molecule has 1 aromatic carbocycles. The summed E-state index contributed by atoms with van der Waals surface area (Å²) in [4.78, 5) is 13.5. The SMILES string of the molecule is O=C(O)CC(c1csc2ccccc12)N1CCCC1. The third kappa shape index (κ3) is 2.51. The number of hydrogen-bond acceptors (Lipinski definition) is 3. The van der Waals surface area contributed by atoms with E-state index in [1.807, 2.05) is 12.1 Å². The van der Waals surface area contributed by atoms with Crippen molar-refractivity contribution in [1.82, 2.24) is 4.90 Å². The van der Waals surface area contributed by atoms with E-state index in [1.165, 1.54) is 28.5 Å². The Kier molecular flexibility index (Phi) is 3.53. The number of aliphatic carboxylic acids is 1. The minimum Gasteiger partial charge on any atom is -0.481 e. The van der Waals surface area contributed by atoms with Crippen molar-refractivity contribution in [3.63, 3.8) is 0 Å². The van der Waals surface area contributed by atoms with Crippen LogP contribution in [0.1, 0.15) is 30.9 Å². The van der Waals surface area contributed by atoms with E-state index in [-0.39, 0.29) is 12.5 Å². The highest BCUT2D eigenvalue weighted by Crippen LogP contribution is 2.36. The average Bonchev–Trinajstić information content (AvgIpc) is 3.05. The van der Waals surface area contributed by atoms with Gasteiger partial charge >= 0.3 is 5.97 Å². The normalized spacial score (nSPS) is 17.9. The zero-order valence-corrected chi connectivity index (χ0v) is 11.5. The third-order valence-electron chi connectivity index (χ3n) is 3.82. The summed E-state index contributed by atoms with van der Waals surface area (Å²) < 4.78 is 1.24. The van der Waals surface area contributed by atoms with Gasteiger partial charge in [-0.2, -0.15) is 0 Å². The molecule has 0 radical (unpaired) electrons. The topological polar surface area (TPSA) is 40.5 Å². The van der Waals surface area contributed by atoms with Gasteiger partial charge in [0.05, 0.1) is 6.42 Å². The second-order valence-electron chi connectivity index (χ2n) is 5.04. The molecule has 19 heavy (non-hydrogen) atoms. The second kappa shape index (κ2) is 5.31. The van der Waals surface area contributed by atoms with Crippen LogP contribution in [0.15, 0.2) is 29.6 Å². The van der Waals surface area contributed by atoms with Crippen LogP contribution in [-0.2, 0) is 4.79 Å². The van der Waals surface area contributed by atoms with Crippen LogP contribution in [-0.4, -0.2) is 29.1 Å². The van der Waals surface area contributed by atoms with Gasteiger partial charge in [-0.1, -0.05) is 18.2 Å². The number of likely N-dealkylation sites (tertiary alicyclic amines) is 1. The van der Waals surface area contributed by atoms with E-state index in [0.717, 1.165) is 13.1 Å². The molecule has 1 saturated heterocycles. The van der Waals surface area contributed by atoms with Crippen LogP contribution >= 0.6 is 11.3 Å². The molecule has 3 rings (SSSR count). The van der Waals surface area contributed by atoms with Crippen LogP contribution in [0.5, 0.6) is 0 Å². The molecule has 1 aliphatic heterocycles. The molecule has 1 aromatic heterocycles. The number of carboxylic acid groups (broad SMARTS) is 1. The fourth-order valence-electron chi connectivity index (χ4n) is 2.91. The molecule has 1 unspecified atom stereocenters. The van der Waals surface area contributed by atoms with E-state index in [9.17, 15) is 9.90 Å². The Hall–Kier alpha value is -1.39. The summed E-state index contributed by atoms with van der Waals surface area (Å²) in [5.74, 6) is -0.716. The van der Waals surface area contributed by atoms with E-state index >= 15 is 0 Å². The summed E-state index contributed by atoms with van der Waals surface area (Å²) in [5.41, 5.74) is 1.19. The summed E-state index contributed by atoms with van der Waals surface area (Å²) in [6, 6.07) is 8.29. The highest BCUT2D eigenvalue weighted by atomic mass is 32.1. The smallest absolute Gasteiger partial charge is 0.305 e. The number of nitrogens with zero attached hydrogens (tertiary/aromatic N) is 1. The van der Waals surface area contributed by atoms with Crippen LogP contribution in [0.4, 0.5) is 0 Å². The second-order valence-corrected chi connectivity index (χ2v) is 5.96. The number of thiophene rings is 1. The standard InChI is InChI=1S/C15H17NO2S/c17-15(18)9-13(16-7-3-4-8-16)12-10-19-14-6-2-1-5-11(12)14/h1-2,5-6,10,13H,3-4,7-9H2,(H,17,18). The van der Waals surface area contributed by atoms with Crippen molar-refractivity contribution in [3.8, 4) is 0 Å². The summed E-state index contributed by atoms with van der Waals surface area (Å²) in [6.45, 7) is 2.03. The predicted molar refractivity (Wildman–Crippen MR) is 77.6 cm³/mol. The highest BCUT2D eigenvalue weighted by molar-refractivity contribution is 7.17. The number of benzene rings is 1. The molecule has 0 amide bonds. The van der Waals surface area contributed by atoms with Gasteiger partial charge in [0.25, 0.3) is 0 Å². The molecule has 0 bridgehead atoms. The molecule has 0 saturated carbocycles. The molecule has 0 aliphatic carbocycles. The monoisotopic (exact) mass is 275 g/mol. The van der Waals surface area contributed by atoms with E-state index in [4.69, 9.17) is 0 Å². The molecular weight excluding hydrogens is 258 g/mol. The van der Waals surface area contributed by atoms with Gasteiger partial charge in [-0.25, -0.2) is 0 Å². The maximum atomic E-state index is 11.2. The Balaban J connectivity index is 2.00. The van der Waals surface area contributed by atoms with Crippen molar-refractivity contribution in [2.45, 2.75) is 25.3 Å². The van der Waals surface area contributed by atoms with Crippen LogP contribution in [0.2, 0.25) is 0 Å². The molecule has 100 valence electrons. The first-order valence-corrected chi connectivity index (χ1v) is 7.55. The first-order valence-electron chi connectivity index (χ1n) is 6.67. The fourth-order valence-corrected chi connectivity index (χ4v) is 3.92. The van der Waals surface area contributed by atoms with Gasteiger partial charge < -0.3 is 5.11 Å². The number of carbonyl (C=O) groups is 1. The van der Waals surface area contributed by atoms with Crippen LogP contribution in [0.3, 0.4) is 0 Å². The Morgan fingerprint density at radius 1 is 1.32 bits per heavy atom. The van der Waals surface area contributed by atoms with Crippen LogP contribution < -0.4 is 0 Å². The van der Waals surface area contributed by atoms with Crippen LogP contribution in [0, 0.1) is 0 Å². The lowest BCUT2D eigenvalue weighted by Crippen LogP contribution is -2.27. The first kappa shape index (κ1) is 12.6. The number of rotatable bonds is 4. The van der Waals surface area contributed by atoms with E-state index < -0.39 is 5.97 Å². The van der Waals surface area contributed by atoms with E-state index in [1.54, 1.807) is 11.3 Å². The molecule has 3 nitrogen and oxygen atoms in total. The van der Waals surface area contributed by atoms with Crippen molar-refractivity contribution < 1.29 is 9.90 Å². The lowest BCUT2D eigenvalue weighted by Gasteiger charge is -2.26. The summed E-state index contributed by atoms with van der Waals surface area (Å²) >= 11 is 1.71. The molecule has 1 aliphatic rings. The van der Waals surface area contributed by atoms with Gasteiger partial charge in [-0.15, -0.1) is 11.3 Å². The molecule has 2 aromatic rings. The molecule has 2 heterocycles. The van der Waals surface area contributed by atoms with Crippen molar-refractivity contribution >= 4 is 27.4 Å². The molecule has 1 N–H and O–H groups in total. The minimum atomic E-state index is -0.716. The lowest BCUT2D eigenvalue weighted by atomic mass is 10.0. The molecule has 1 atom stereocenters. The van der Waals surface area contributed by atoms with Gasteiger partial charge in [0.1, 0.15) is 0 Å². The zero-order chi connectivity index (χ0) is 13.2. The minimum absolute atomic E-state index is 0.0242. The summed E-state index contributed by atoms with van der Waals surface area (Å²) in [5, 5.41) is 12.5. The third-order valence-corrected chi connectivity index (χ3v) is 4.80. The summed E-state index contributed by atoms with van der Waals surface area (Å²) in [7, 11) is 0. The number of hydrogen-bond donors (Lipinski definition) is 1. The van der Waals surface area contributed by atoms with Crippen molar-refractivity contribution in [2.24, 2.45) is 0 Å². The first-order chi connectivity index (χ1) is 9.25. The fraction of sp³-hybridized carbons (Fsp3) is 0.400. The quantitative estimate of drug-likeness (QED) is 0.928. The van der Waals surface area contributed by atoms with Gasteiger partial charge in [0.2, 0.25) is 0 Å². The van der Waals surface area contributed by atoms with Gasteiger partial charge in [-0.05, 0) is 48.3 Å². The average molecular weight is 275 g/mol. The Morgan fingerprint density at radius 3 is 2.79 bits per heavy atom. The maximum absolute atomic E-state index is 11.2.